The average Bonchev–Trinajstić information content (AvgIpc) is 2.54. The zero-order valence-corrected chi connectivity index (χ0v) is 14.2. The molecule has 1 amide bonds. The van der Waals surface area contributed by atoms with Crippen LogP contribution in [0.1, 0.15) is 5.56 Å². The normalized spacial score (nSPS) is 16.9. The van der Waals surface area contributed by atoms with Gasteiger partial charge in [-0.3, -0.25) is 9.69 Å². The Kier molecular flexibility index (Phi) is 5.92. The highest BCUT2D eigenvalue weighted by Gasteiger charge is 2.28. The van der Waals surface area contributed by atoms with E-state index in [4.69, 9.17) is 0 Å². The molecule has 23 heavy (non-hydrogen) atoms. The molecule has 1 N–H and O–H groups in total. The van der Waals surface area contributed by atoms with Gasteiger partial charge >= 0.3 is 0 Å². The SMILES string of the molecule is C=CCNC(=O)CN1CCN(S(=O)(=O)c2ccc(C)cc2)CC1. The van der Waals surface area contributed by atoms with Crippen LogP contribution in [0.5, 0.6) is 0 Å². The molecule has 1 saturated heterocycles. The number of aryl methyl sites for hydroxylation is 1. The molecule has 0 unspecified atom stereocenters. The maximum atomic E-state index is 12.6. The van der Waals surface area contributed by atoms with Crippen LogP contribution >= 0.6 is 0 Å². The van der Waals surface area contributed by atoms with Crippen LogP contribution < -0.4 is 5.32 Å². The summed E-state index contributed by atoms with van der Waals surface area (Å²) in [7, 11) is -3.45. The molecule has 0 aliphatic carbocycles. The second-order valence-corrected chi connectivity index (χ2v) is 7.52. The predicted molar refractivity (Wildman–Crippen MR) is 89.6 cm³/mol. The summed E-state index contributed by atoms with van der Waals surface area (Å²) in [5, 5.41) is 2.72. The summed E-state index contributed by atoms with van der Waals surface area (Å²) >= 11 is 0. The van der Waals surface area contributed by atoms with Crippen molar-refractivity contribution in [3.63, 3.8) is 0 Å². The first-order valence-corrected chi connectivity index (χ1v) is 9.04. The third-order valence-electron chi connectivity index (χ3n) is 3.80. The Morgan fingerprint density at radius 2 is 1.83 bits per heavy atom. The third kappa shape index (κ3) is 4.63. The number of hydrogen-bond acceptors (Lipinski definition) is 4. The first kappa shape index (κ1) is 17.7. The van der Waals surface area contributed by atoms with Crippen LogP contribution in [-0.4, -0.2) is 62.8 Å². The van der Waals surface area contributed by atoms with Gasteiger partial charge in [0, 0.05) is 32.7 Å². The molecule has 1 aliphatic heterocycles. The molecular formula is C16H23N3O3S. The van der Waals surface area contributed by atoms with E-state index >= 15 is 0 Å². The highest BCUT2D eigenvalue weighted by atomic mass is 32.2. The van der Waals surface area contributed by atoms with Crippen LogP contribution in [0.3, 0.4) is 0 Å². The van der Waals surface area contributed by atoms with Crippen molar-refractivity contribution in [2.24, 2.45) is 0 Å². The number of nitrogens with zero attached hydrogens (tertiary/aromatic N) is 2. The molecule has 1 heterocycles. The second-order valence-electron chi connectivity index (χ2n) is 5.59. The number of sulfonamides is 1. The minimum absolute atomic E-state index is 0.0697. The summed E-state index contributed by atoms with van der Waals surface area (Å²) in [6, 6.07) is 6.87. The van der Waals surface area contributed by atoms with Gasteiger partial charge in [0.1, 0.15) is 0 Å². The van der Waals surface area contributed by atoms with E-state index in [9.17, 15) is 13.2 Å². The number of rotatable bonds is 6. The summed E-state index contributed by atoms with van der Waals surface area (Å²) in [5.74, 6) is -0.0697. The monoisotopic (exact) mass is 337 g/mol. The van der Waals surface area contributed by atoms with Crippen LogP contribution in [0.2, 0.25) is 0 Å². The van der Waals surface area contributed by atoms with E-state index in [1.807, 2.05) is 11.8 Å². The average molecular weight is 337 g/mol. The molecule has 1 aromatic rings. The summed E-state index contributed by atoms with van der Waals surface area (Å²) in [4.78, 5) is 13.9. The Labute approximate surface area is 137 Å². The summed E-state index contributed by atoms with van der Waals surface area (Å²) < 4.78 is 26.7. The first-order chi connectivity index (χ1) is 10.9. The molecule has 1 aliphatic rings. The highest BCUT2D eigenvalue weighted by molar-refractivity contribution is 7.89. The van der Waals surface area contributed by atoms with E-state index in [0.717, 1.165) is 5.56 Å². The fourth-order valence-corrected chi connectivity index (χ4v) is 3.85. The maximum Gasteiger partial charge on any atom is 0.243 e. The van der Waals surface area contributed by atoms with Gasteiger partial charge < -0.3 is 5.32 Å². The van der Waals surface area contributed by atoms with Crippen molar-refractivity contribution in [3.8, 4) is 0 Å². The fraction of sp³-hybridized carbons (Fsp3) is 0.438. The van der Waals surface area contributed by atoms with Gasteiger partial charge in [-0.2, -0.15) is 4.31 Å². The molecule has 1 aromatic carbocycles. The standard InChI is InChI=1S/C16H23N3O3S/c1-3-8-17-16(20)13-18-9-11-19(12-10-18)23(21,22)15-6-4-14(2)5-7-15/h3-7H,1,8-13H2,2H3,(H,17,20). The zero-order valence-electron chi connectivity index (χ0n) is 13.4. The van der Waals surface area contributed by atoms with Crippen LogP contribution in [0, 0.1) is 6.92 Å². The Balaban J connectivity index is 1.92. The molecule has 6 nitrogen and oxygen atoms in total. The van der Waals surface area contributed by atoms with Gasteiger partial charge in [0.25, 0.3) is 0 Å². The molecule has 0 aromatic heterocycles. The first-order valence-electron chi connectivity index (χ1n) is 7.60. The van der Waals surface area contributed by atoms with Crippen LogP contribution in [0.15, 0.2) is 41.8 Å². The smallest absolute Gasteiger partial charge is 0.243 e. The van der Waals surface area contributed by atoms with E-state index in [2.05, 4.69) is 11.9 Å². The topological polar surface area (TPSA) is 69.7 Å². The highest BCUT2D eigenvalue weighted by Crippen LogP contribution is 2.18. The van der Waals surface area contributed by atoms with E-state index in [-0.39, 0.29) is 12.5 Å². The van der Waals surface area contributed by atoms with Gasteiger partial charge in [0.2, 0.25) is 15.9 Å². The number of benzene rings is 1. The minimum Gasteiger partial charge on any atom is -0.352 e. The molecule has 0 bridgehead atoms. The van der Waals surface area contributed by atoms with E-state index in [0.29, 0.717) is 37.6 Å². The molecule has 0 saturated carbocycles. The molecule has 7 heteroatoms. The van der Waals surface area contributed by atoms with Crippen molar-refractivity contribution >= 4 is 15.9 Å². The predicted octanol–water partition coefficient (Wildman–Crippen LogP) is 0.604. The quantitative estimate of drug-likeness (QED) is 0.772. The lowest BCUT2D eigenvalue weighted by molar-refractivity contribution is -0.122. The third-order valence-corrected chi connectivity index (χ3v) is 5.71. The van der Waals surface area contributed by atoms with Gasteiger partial charge in [-0.15, -0.1) is 6.58 Å². The van der Waals surface area contributed by atoms with Crippen molar-refractivity contribution in [2.75, 3.05) is 39.3 Å². The van der Waals surface area contributed by atoms with Gasteiger partial charge in [-0.1, -0.05) is 23.8 Å². The number of carbonyl (C=O) groups excluding carboxylic acids is 1. The van der Waals surface area contributed by atoms with Gasteiger partial charge in [0.05, 0.1) is 11.4 Å². The number of carbonyl (C=O) groups is 1. The van der Waals surface area contributed by atoms with Crippen molar-refractivity contribution in [1.82, 2.24) is 14.5 Å². The number of amides is 1. The van der Waals surface area contributed by atoms with Crippen molar-refractivity contribution in [2.45, 2.75) is 11.8 Å². The number of hydrogen-bond donors (Lipinski definition) is 1. The lowest BCUT2D eigenvalue weighted by Crippen LogP contribution is -2.51. The molecule has 2 rings (SSSR count). The molecule has 126 valence electrons. The lowest BCUT2D eigenvalue weighted by Gasteiger charge is -2.33. The Morgan fingerprint density at radius 3 is 2.39 bits per heavy atom. The number of piperazine rings is 1. The molecule has 0 radical (unpaired) electrons. The number of nitrogens with one attached hydrogen (secondary N) is 1. The van der Waals surface area contributed by atoms with Crippen LogP contribution in [0.4, 0.5) is 0 Å². The maximum absolute atomic E-state index is 12.6. The van der Waals surface area contributed by atoms with Gasteiger partial charge in [0.15, 0.2) is 0 Å². The van der Waals surface area contributed by atoms with Crippen LogP contribution in [0.25, 0.3) is 0 Å². The fourth-order valence-electron chi connectivity index (χ4n) is 2.43. The van der Waals surface area contributed by atoms with Crippen molar-refractivity contribution in [1.29, 1.82) is 0 Å². The largest absolute Gasteiger partial charge is 0.352 e. The van der Waals surface area contributed by atoms with E-state index in [1.54, 1.807) is 30.3 Å². The molecule has 0 spiro atoms. The molecular weight excluding hydrogens is 314 g/mol. The van der Waals surface area contributed by atoms with Crippen LogP contribution in [-0.2, 0) is 14.8 Å². The van der Waals surface area contributed by atoms with Crippen molar-refractivity contribution < 1.29 is 13.2 Å². The summed E-state index contributed by atoms with van der Waals surface area (Å²) in [6.07, 6.45) is 1.63. The van der Waals surface area contributed by atoms with Gasteiger partial charge in [-0.05, 0) is 19.1 Å². The zero-order chi connectivity index (χ0) is 16.9. The molecule has 0 atom stereocenters. The summed E-state index contributed by atoms with van der Waals surface area (Å²) in [6.45, 7) is 8.09. The van der Waals surface area contributed by atoms with E-state index < -0.39 is 10.0 Å². The van der Waals surface area contributed by atoms with Gasteiger partial charge in [-0.25, -0.2) is 8.42 Å². The summed E-state index contributed by atoms with van der Waals surface area (Å²) in [5.41, 5.74) is 1.03. The Hall–Kier alpha value is -1.70. The Morgan fingerprint density at radius 1 is 1.22 bits per heavy atom. The second kappa shape index (κ2) is 7.72. The molecule has 1 fully saturated rings. The Bertz CT molecular complexity index is 648. The van der Waals surface area contributed by atoms with Crippen molar-refractivity contribution in [3.05, 3.63) is 42.5 Å². The lowest BCUT2D eigenvalue weighted by atomic mass is 10.2. The minimum atomic E-state index is -3.45. The van der Waals surface area contributed by atoms with E-state index in [1.165, 1.54) is 4.31 Å².